The fourth-order valence-corrected chi connectivity index (χ4v) is 6.05. The molecule has 0 aliphatic carbocycles. The molecule has 2 aromatic heterocycles. The van der Waals surface area contributed by atoms with Gasteiger partial charge in [-0.15, -0.1) is 11.3 Å². The Labute approximate surface area is 201 Å². The number of sulfonamides is 1. The molecule has 0 unspecified atom stereocenters. The van der Waals surface area contributed by atoms with Crippen molar-refractivity contribution in [3.8, 4) is 0 Å². The van der Waals surface area contributed by atoms with E-state index in [0.29, 0.717) is 37.1 Å². The highest BCUT2D eigenvalue weighted by molar-refractivity contribution is 7.89. The number of nitrogens with zero attached hydrogens (tertiary/aromatic N) is 4. The second-order valence-electron chi connectivity index (χ2n) is 7.85. The monoisotopic (exact) mass is 499 g/mol. The Balaban J connectivity index is 1.36. The molecule has 4 aromatic rings. The van der Waals surface area contributed by atoms with E-state index in [9.17, 15) is 8.42 Å². The van der Waals surface area contributed by atoms with Crippen molar-refractivity contribution in [1.82, 2.24) is 14.3 Å². The van der Waals surface area contributed by atoms with Gasteiger partial charge in [0.25, 0.3) is 0 Å². The molecular weight excluding hydrogens is 478 g/mol. The molecule has 170 valence electrons. The van der Waals surface area contributed by atoms with Crippen LogP contribution in [-0.4, -0.2) is 48.9 Å². The van der Waals surface area contributed by atoms with Crippen molar-refractivity contribution in [3.63, 3.8) is 0 Å². The number of anilines is 3. The lowest BCUT2D eigenvalue weighted by molar-refractivity contribution is 0.383. The van der Waals surface area contributed by atoms with Crippen molar-refractivity contribution in [2.45, 2.75) is 11.8 Å². The number of halogens is 1. The standard InChI is InChI=1S/C23H22ClN5O2S2/c1-16-2-6-18(7-3-16)25-21-20-10-15-32-22(20)27-23(26-21)28-11-13-29(14-12-28)33(30,31)19-8-4-17(24)5-9-19/h2-10,15H,11-14H2,1H3,(H,25,26,27). The molecule has 2 aromatic carbocycles. The molecule has 0 amide bonds. The maximum Gasteiger partial charge on any atom is 0.243 e. The number of benzene rings is 2. The molecule has 0 radical (unpaired) electrons. The van der Waals surface area contributed by atoms with Crippen LogP contribution in [0.25, 0.3) is 10.2 Å². The largest absolute Gasteiger partial charge is 0.340 e. The zero-order valence-electron chi connectivity index (χ0n) is 17.9. The first-order valence-electron chi connectivity index (χ1n) is 10.5. The molecule has 0 atom stereocenters. The minimum Gasteiger partial charge on any atom is -0.340 e. The molecular formula is C23H22ClN5O2S2. The van der Waals surface area contributed by atoms with Gasteiger partial charge in [0.2, 0.25) is 16.0 Å². The van der Waals surface area contributed by atoms with E-state index in [1.54, 1.807) is 35.6 Å². The minimum atomic E-state index is -3.57. The molecule has 3 heterocycles. The van der Waals surface area contributed by atoms with Gasteiger partial charge in [-0.25, -0.2) is 13.4 Å². The number of aryl methyl sites for hydroxylation is 1. The van der Waals surface area contributed by atoms with Crippen molar-refractivity contribution >= 4 is 60.6 Å². The molecule has 1 aliphatic rings. The molecule has 5 rings (SSSR count). The third kappa shape index (κ3) is 4.54. The average molecular weight is 500 g/mol. The fourth-order valence-electron chi connectivity index (χ4n) is 3.74. The van der Waals surface area contributed by atoms with Gasteiger partial charge in [0, 0.05) is 36.9 Å². The lowest BCUT2D eigenvalue weighted by atomic mass is 10.2. The molecule has 1 aliphatic heterocycles. The van der Waals surface area contributed by atoms with E-state index in [1.165, 1.54) is 9.87 Å². The first kappa shape index (κ1) is 22.1. The Morgan fingerprint density at radius 2 is 1.64 bits per heavy atom. The third-order valence-electron chi connectivity index (χ3n) is 5.60. The molecule has 0 saturated carbocycles. The SMILES string of the molecule is Cc1ccc(Nc2nc(N3CCN(S(=O)(=O)c4ccc(Cl)cc4)CC3)nc3sccc23)cc1. The Morgan fingerprint density at radius 3 is 2.33 bits per heavy atom. The number of piperazine rings is 1. The van der Waals surface area contributed by atoms with E-state index in [0.717, 1.165) is 21.7 Å². The predicted molar refractivity (Wildman–Crippen MR) is 134 cm³/mol. The van der Waals surface area contributed by atoms with Gasteiger partial charge in [0.15, 0.2) is 0 Å². The van der Waals surface area contributed by atoms with Crippen LogP contribution in [0.2, 0.25) is 5.02 Å². The Kier molecular flexibility index (Phi) is 5.96. The van der Waals surface area contributed by atoms with E-state index >= 15 is 0 Å². The van der Waals surface area contributed by atoms with Crippen LogP contribution in [0.15, 0.2) is 64.9 Å². The van der Waals surface area contributed by atoms with Gasteiger partial charge in [-0.05, 0) is 54.8 Å². The van der Waals surface area contributed by atoms with Crippen molar-refractivity contribution in [2.75, 3.05) is 36.4 Å². The zero-order chi connectivity index (χ0) is 23.0. The van der Waals surface area contributed by atoms with Crippen LogP contribution < -0.4 is 10.2 Å². The zero-order valence-corrected chi connectivity index (χ0v) is 20.3. The predicted octanol–water partition coefficient (Wildman–Crippen LogP) is 4.91. The summed E-state index contributed by atoms with van der Waals surface area (Å²) >= 11 is 7.47. The lowest BCUT2D eigenvalue weighted by Gasteiger charge is -2.34. The van der Waals surface area contributed by atoms with Crippen LogP contribution in [0.3, 0.4) is 0 Å². The number of nitrogens with one attached hydrogen (secondary N) is 1. The smallest absolute Gasteiger partial charge is 0.243 e. The summed E-state index contributed by atoms with van der Waals surface area (Å²) < 4.78 is 27.5. The van der Waals surface area contributed by atoms with Crippen molar-refractivity contribution in [2.24, 2.45) is 0 Å². The van der Waals surface area contributed by atoms with Crippen LogP contribution in [0.4, 0.5) is 17.5 Å². The quantitative estimate of drug-likeness (QED) is 0.420. The van der Waals surface area contributed by atoms with Gasteiger partial charge in [0.1, 0.15) is 10.6 Å². The van der Waals surface area contributed by atoms with E-state index in [4.69, 9.17) is 21.6 Å². The summed E-state index contributed by atoms with van der Waals surface area (Å²) in [5.41, 5.74) is 2.15. The molecule has 10 heteroatoms. The number of thiophene rings is 1. The molecule has 0 spiro atoms. The molecule has 7 nitrogen and oxygen atoms in total. The number of aromatic nitrogens is 2. The van der Waals surface area contributed by atoms with Gasteiger partial charge in [-0.3, -0.25) is 0 Å². The highest BCUT2D eigenvalue weighted by Crippen LogP contribution is 2.30. The summed E-state index contributed by atoms with van der Waals surface area (Å²) in [5, 5.41) is 6.89. The maximum atomic E-state index is 13.0. The lowest BCUT2D eigenvalue weighted by Crippen LogP contribution is -2.49. The van der Waals surface area contributed by atoms with Crippen molar-refractivity contribution < 1.29 is 8.42 Å². The third-order valence-corrected chi connectivity index (χ3v) is 8.57. The minimum absolute atomic E-state index is 0.251. The van der Waals surface area contributed by atoms with E-state index < -0.39 is 10.0 Å². The first-order chi connectivity index (χ1) is 15.9. The van der Waals surface area contributed by atoms with Crippen molar-refractivity contribution in [1.29, 1.82) is 0 Å². The fraction of sp³-hybridized carbons (Fsp3) is 0.217. The highest BCUT2D eigenvalue weighted by atomic mass is 35.5. The molecule has 1 fully saturated rings. The second-order valence-corrected chi connectivity index (χ2v) is 11.1. The van der Waals surface area contributed by atoms with E-state index in [1.807, 2.05) is 28.5 Å². The normalized spacial score (nSPS) is 15.2. The molecule has 1 N–H and O–H groups in total. The molecule has 1 saturated heterocycles. The van der Waals surface area contributed by atoms with Crippen LogP contribution in [0.5, 0.6) is 0 Å². The van der Waals surface area contributed by atoms with Crippen molar-refractivity contribution in [3.05, 3.63) is 70.6 Å². The summed E-state index contributed by atoms with van der Waals surface area (Å²) in [6, 6.07) is 16.4. The summed E-state index contributed by atoms with van der Waals surface area (Å²) in [5.74, 6) is 1.35. The van der Waals surface area contributed by atoms with Crippen LogP contribution in [0.1, 0.15) is 5.56 Å². The van der Waals surface area contributed by atoms with Gasteiger partial charge >= 0.3 is 0 Å². The Morgan fingerprint density at radius 1 is 0.939 bits per heavy atom. The number of rotatable bonds is 5. The Bertz CT molecular complexity index is 1380. The van der Waals surface area contributed by atoms with Gasteiger partial charge in [-0.2, -0.15) is 9.29 Å². The van der Waals surface area contributed by atoms with E-state index in [2.05, 4.69) is 24.4 Å². The van der Waals surface area contributed by atoms with Crippen LogP contribution >= 0.6 is 22.9 Å². The first-order valence-corrected chi connectivity index (χ1v) is 13.2. The van der Waals surface area contributed by atoms with Gasteiger partial charge in [0.05, 0.1) is 10.3 Å². The topological polar surface area (TPSA) is 78.4 Å². The Hall–Kier alpha value is -2.72. The second kappa shape index (κ2) is 8.90. The maximum absolute atomic E-state index is 13.0. The van der Waals surface area contributed by atoms with Gasteiger partial charge in [-0.1, -0.05) is 29.3 Å². The molecule has 0 bridgehead atoms. The number of hydrogen-bond acceptors (Lipinski definition) is 7. The summed E-state index contributed by atoms with van der Waals surface area (Å²) in [4.78, 5) is 12.7. The summed E-state index contributed by atoms with van der Waals surface area (Å²) in [6.07, 6.45) is 0. The summed E-state index contributed by atoms with van der Waals surface area (Å²) in [6.45, 7) is 3.78. The number of hydrogen-bond donors (Lipinski definition) is 1. The average Bonchev–Trinajstić information content (AvgIpc) is 3.30. The summed E-state index contributed by atoms with van der Waals surface area (Å²) in [7, 11) is -3.57. The van der Waals surface area contributed by atoms with E-state index in [-0.39, 0.29) is 4.90 Å². The van der Waals surface area contributed by atoms with Crippen LogP contribution in [0, 0.1) is 6.92 Å². The number of fused-ring (bicyclic) bond motifs is 1. The highest BCUT2D eigenvalue weighted by Gasteiger charge is 2.29. The molecule has 33 heavy (non-hydrogen) atoms. The van der Waals surface area contributed by atoms with Gasteiger partial charge < -0.3 is 10.2 Å². The van der Waals surface area contributed by atoms with Crippen LogP contribution in [-0.2, 0) is 10.0 Å².